The Morgan fingerprint density at radius 2 is 2.04 bits per heavy atom. The molecule has 0 aliphatic rings. The van der Waals surface area contributed by atoms with Crippen LogP contribution in [0.25, 0.3) is 11.0 Å². The summed E-state index contributed by atoms with van der Waals surface area (Å²) in [6.07, 6.45) is 2.98. The number of aromatic nitrogens is 1. The summed E-state index contributed by atoms with van der Waals surface area (Å²) in [5.41, 5.74) is 0.594. The SMILES string of the molecule is COC(=O)[C@@H](Cc1cc(=O)oc2cc(OC)ccc12)NC(=O)c1cccnc1. The average Bonchev–Trinajstić information content (AvgIpc) is 2.72. The van der Waals surface area contributed by atoms with Crippen LogP contribution in [0.5, 0.6) is 5.75 Å². The molecule has 1 N–H and O–H groups in total. The molecule has 3 rings (SSSR count). The molecule has 144 valence electrons. The van der Waals surface area contributed by atoms with Gasteiger partial charge in [0.15, 0.2) is 0 Å². The van der Waals surface area contributed by atoms with Crippen molar-refractivity contribution in [1.29, 1.82) is 0 Å². The van der Waals surface area contributed by atoms with Gasteiger partial charge in [0.05, 0.1) is 19.8 Å². The van der Waals surface area contributed by atoms with Gasteiger partial charge in [-0.3, -0.25) is 9.78 Å². The molecule has 1 amide bonds. The summed E-state index contributed by atoms with van der Waals surface area (Å²) in [4.78, 5) is 40.5. The standard InChI is InChI=1S/C20H18N2O6/c1-26-14-5-6-15-13(9-18(23)28-17(15)10-14)8-16(20(25)27-2)22-19(24)12-4-3-7-21-11-12/h3-7,9-11,16H,8H2,1-2H3,(H,22,24)/t16-/m1/s1. The molecule has 0 aliphatic carbocycles. The predicted octanol–water partition coefficient (Wildman–Crippen LogP) is 1.71. The van der Waals surface area contributed by atoms with Crippen LogP contribution in [0.2, 0.25) is 0 Å². The maximum Gasteiger partial charge on any atom is 0.336 e. The van der Waals surface area contributed by atoms with Gasteiger partial charge in [-0.2, -0.15) is 0 Å². The van der Waals surface area contributed by atoms with Crippen LogP contribution >= 0.6 is 0 Å². The van der Waals surface area contributed by atoms with E-state index in [0.29, 0.717) is 27.8 Å². The summed E-state index contributed by atoms with van der Waals surface area (Å²) in [5.74, 6) is -0.577. The normalized spacial score (nSPS) is 11.6. The van der Waals surface area contributed by atoms with Gasteiger partial charge in [0, 0.05) is 36.3 Å². The summed E-state index contributed by atoms with van der Waals surface area (Å²) in [5, 5.41) is 3.26. The molecule has 1 aromatic carbocycles. The Labute approximate surface area is 160 Å². The molecule has 28 heavy (non-hydrogen) atoms. The highest BCUT2D eigenvalue weighted by Crippen LogP contribution is 2.23. The number of benzene rings is 1. The molecule has 3 aromatic rings. The number of nitrogens with one attached hydrogen (secondary N) is 1. The zero-order valence-electron chi connectivity index (χ0n) is 15.3. The number of pyridine rings is 1. The van der Waals surface area contributed by atoms with Crippen molar-refractivity contribution in [2.45, 2.75) is 12.5 Å². The van der Waals surface area contributed by atoms with Gasteiger partial charge in [0.25, 0.3) is 5.91 Å². The van der Waals surface area contributed by atoms with Crippen molar-refractivity contribution < 1.29 is 23.5 Å². The number of carbonyl (C=O) groups is 2. The summed E-state index contributed by atoms with van der Waals surface area (Å²) < 4.78 is 15.2. The molecule has 0 bridgehead atoms. The fourth-order valence-corrected chi connectivity index (χ4v) is 2.80. The van der Waals surface area contributed by atoms with Gasteiger partial charge < -0.3 is 19.2 Å². The van der Waals surface area contributed by atoms with E-state index >= 15 is 0 Å². The van der Waals surface area contributed by atoms with Gasteiger partial charge in [-0.15, -0.1) is 0 Å². The lowest BCUT2D eigenvalue weighted by Gasteiger charge is -2.17. The number of hydrogen-bond acceptors (Lipinski definition) is 7. The number of rotatable bonds is 6. The molecule has 0 unspecified atom stereocenters. The zero-order chi connectivity index (χ0) is 20.1. The first-order chi connectivity index (χ1) is 13.5. The summed E-state index contributed by atoms with van der Waals surface area (Å²) >= 11 is 0. The Hall–Kier alpha value is -3.68. The second-order valence-corrected chi connectivity index (χ2v) is 5.95. The topological polar surface area (TPSA) is 108 Å². The largest absolute Gasteiger partial charge is 0.497 e. The Bertz CT molecular complexity index is 1060. The summed E-state index contributed by atoms with van der Waals surface area (Å²) in [7, 11) is 2.73. The first-order valence-electron chi connectivity index (χ1n) is 8.41. The van der Waals surface area contributed by atoms with Crippen LogP contribution in [0.15, 0.2) is 58.0 Å². The van der Waals surface area contributed by atoms with Gasteiger partial charge >= 0.3 is 11.6 Å². The average molecular weight is 382 g/mol. The minimum absolute atomic E-state index is 0.0487. The van der Waals surface area contributed by atoms with Gasteiger partial charge in [0.2, 0.25) is 0 Å². The van der Waals surface area contributed by atoms with Crippen LogP contribution in [0.4, 0.5) is 0 Å². The third kappa shape index (κ3) is 4.17. The number of fused-ring (bicyclic) bond motifs is 1. The number of hydrogen-bond donors (Lipinski definition) is 1. The van der Waals surface area contributed by atoms with Gasteiger partial charge in [-0.25, -0.2) is 9.59 Å². The fourth-order valence-electron chi connectivity index (χ4n) is 2.80. The van der Waals surface area contributed by atoms with Crippen LogP contribution in [0, 0.1) is 0 Å². The minimum atomic E-state index is -0.996. The maximum atomic E-state index is 12.4. The van der Waals surface area contributed by atoms with E-state index in [1.54, 1.807) is 30.3 Å². The van der Waals surface area contributed by atoms with E-state index in [1.807, 2.05) is 0 Å². The van der Waals surface area contributed by atoms with E-state index in [4.69, 9.17) is 13.9 Å². The third-order valence-electron chi connectivity index (χ3n) is 4.18. The van der Waals surface area contributed by atoms with Crippen LogP contribution < -0.4 is 15.7 Å². The van der Waals surface area contributed by atoms with Crippen molar-refractivity contribution >= 4 is 22.8 Å². The molecular formula is C20H18N2O6. The van der Waals surface area contributed by atoms with Crippen molar-refractivity contribution in [3.63, 3.8) is 0 Å². The first-order valence-corrected chi connectivity index (χ1v) is 8.41. The van der Waals surface area contributed by atoms with Gasteiger partial charge in [0.1, 0.15) is 17.4 Å². The highest BCUT2D eigenvalue weighted by atomic mass is 16.5. The Morgan fingerprint density at radius 3 is 2.71 bits per heavy atom. The van der Waals surface area contributed by atoms with E-state index < -0.39 is 23.5 Å². The van der Waals surface area contributed by atoms with Crippen LogP contribution in [0.3, 0.4) is 0 Å². The highest BCUT2D eigenvalue weighted by Gasteiger charge is 2.24. The lowest BCUT2D eigenvalue weighted by Crippen LogP contribution is -2.43. The molecular weight excluding hydrogens is 364 g/mol. The van der Waals surface area contributed by atoms with E-state index in [1.165, 1.54) is 32.7 Å². The second-order valence-electron chi connectivity index (χ2n) is 5.95. The fraction of sp³-hybridized carbons (Fsp3) is 0.200. The van der Waals surface area contributed by atoms with Crippen molar-refractivity contribution in [1.82, 2.24) is 10.3 Å². The number of ether oxygens (including phenoxy) is 2. The molecule has 8 nitrogen and oxygen atoms in total. The van der Waals surface area contributed by atoms with E-state index in [2.05, 4.69) is 10.3 Å². The first kappa shape index (κ1) is 19.1. The van der Waals surface area contributed by atoms with Crippen molar-refractivity contribution in [3.8, 4) is 5.75 Å². The molecule has 0 spiro atoms. The molecule has 0 fully saturated rings. The number of carbonyl (C=O) groups excluding carboxylic acids is 2. The molecule has 8 heteroatoms. The monoisotopic (exact) mass is 382 g/mol. The van der Waals surface area contributed by atoms with Crippen LogP contribution in [-0.4, -0.2) is 37.1 Å². The van der Waals surface area contributed by atoms with Crippen LogP contribution in [0.1, 0.15) is 15.9 Å². The number of esters is 1. The van der Waals surface area contributed by atoms with E-state index in [-0.39, 0.29) is 6.42 Å². The number of methoxy groups -OCH3 is 2. The minimum Gasteiger partial charge on any atom is -0.497 e. The molecule has 0 saturated carbocycles. The van der Waals surface area contributed by atoms with Crippen molar-refractivity contribution in [2.24, 2.45) is 0 Å². The Balaban J connectivity index is 1.94. The Morgan fingerprint density at radius 1 is 1.21 bits per heavy atom. The lowest BCUT2D eigenvalue weighted by molar-refractivity contribution is -0.142. The lowest BCUT2D eigenvalue weighted by atomic mass is 10.0. The van der Waals surface area contributed by atoms with Crippen molar-refractivity contribution in [2.75, 3.05) is 14.2 Å². The number of amides is 1. The number of nitrogens with zero attached hydrogens (tertiary/aromatic N) is 1. The summed E-state index contributed by atoms with van der Waals surface area (Å²) in [6, 6.07) is 8.52. The molecule has 0 saturated heterocycles. The van der Waals surface area contributed by atoms with E-state index in [0.717, 1.165) is 0 Å². The molecule has 2 heterocycles. The van der Waals surface area contributed by atoms with Gasteiger partial charge in [-0.05, 0) is 29.8 Å². The Kier molecular flexibility index (Phi) is 5.69. The molecule has 0 aliphatic heterocycles. The second kappa shape index (κ2) is 8.34. The maximum absolute atomic E-state index is 12.4. The quantitative estimate of drug-likeness (QED) is 0.511. The molecule has 0 radical (unpaired) electrons. The summed E-state index contributed by atoms with van der Waals surface area (Å²) in [6.45, 7) is 0. The predicted molar refractivity (Wildman–Crippen MR) is 100 cm³/mol. The zero-order valence-corrected chi connectivity index (χ0v) is 15.3. The highest BCUT2D eigenvalue weighted by molar-refractivity contribution is 5.96. The molecule has 2 aromatic heterocycles. The van der Waals surface area contributed by atoms with Gasteiger partial charge in [-0.1, -0.05) is 0 Å². The van der Waals surface area contributed by atoms with Crippen molar-refractivity contribution in [3.05, 3.63) is 70.3 Å². The molecule has 1 atom stereocenters. The smallest absolute Gasteiger partial charge is 0.336 e. The third-order valence-corrected chi connectivity index (χ3v) is 4.18. The van der Waals surface area contributed by atoms with E-state index in [9.17, 15) is 14.4 Å². The van der Waals surface area contributed by atoms with Crippen LogP contribution in [-0.2, 0) is 16.0 Å².